The molecule has 0 atom stereocenters. The summed E-state index contributed by atoms with van der Waals surface area (Å²) in [7, 11) is -3.13. The molecule has 9 nitrogen and oxygen atoms in total. The van der Waals surface area contributed by atoms with Crippen LogP contribution in [0.25, 0.3) is 10.9 Å². The molecule has 334 valence electrons. The van der Waals surface area contributed by atoms with Crippen LogP contribution in [0.4, 0.5) is 14.5 Å². The van der Waals surface area contributed by atoms with Gasteiger partial charge in [0.25, 0.3) is 0 Å². The van der Waals surface area contributed by atoms with Gasteiger partial charge in [0.15, 0.2) is 0 Å². The number of piperidine rings is 2. The maximum Gasteiger partial charge on any atom is 0.216 e. The number of methoxy groups -OCH3 is 1. The number of likely N-dealkylation sites (tertiary alicyclic amines) is 1. The average molecular weight is 854 g/mol. The van der Waals surface area contributed by atoms with E-state index in [4.69, 9.17) is 9.47 Å². The Hall–Kier alpha value is -3.06. The molecule has 12 heteroatoms. The molecule has 1 aromatic heterocycles. The second-order valence-electron chi connectivity index (χ2n) is 17.5. The molecular weight excluding hydrogens is 781 g/mol. The molecule has 0 aliphatic carbocycles. The Kier molecular flexibility index (Phi) is 18.1. The summed E-state index contributed by atoms with van der Waals surface area (Å²) in [6, 6.07) is 8.40. The highest BCUT2D eigenvalue weighted by Gasteiger charge is 2.36. The van der Waals surface area contributed by atoms with Crippen LogP contribution in [0.3, 0.4) is 0 Å². The Bertz CT molecular complexity index is 1850. The third kappa shape index (κ3) is 12.3. The first kappa shape index (κ1) is 46.4. The summed E-state index contributed by atoms with van der Waals surface area (Å²) in [4.78, 5) is 13.2. The molecule has 0 N–H and O–H groups in total. The van der Waals surface area contributed by atoms with E-state index < -0.39 is 26.4 Å². The zero-order valence-corrected chi connectivity index (χ0v) is 37.8. The van der Waals surface area contributed by atoms with Crippen LogP contribution in [0.1, 0.15) is 129 Å². The standard InChI is InChI=1S/C48H73F2N5O4S/c1-4-6-7-8-9-10-11-12-13-14-15-16-17-18-33-59-41-35-43(49)48(44(50)36-41)60(56,57)46-37-51-45-20-19-40(58-3)34-42(45)47(46)55-27-23-39(24-28-55)54-31-29-53(30-32-54)38-21-25-52(5-2)26-22-38/h19-20,34-39H,4-18,21-33H2,1-3H3. The second kappa shape index (κ2) is 23.4. The number of aromatic nitrogens is 1. The van der Waals surface area contributed by atoms with E-state index in [0.29, 0.717) is 54.1 Å². The van der Waals surface area contributed by atoms with Crippen LogP contribution in [0.2, 0.25) is 0 Å². The van der Waals surface area contributed by atoms with Gasteiger partial charge in [0, 0.05) is 75.1 Å². The number of piperazine rings is 1. The number of benzene rings is 2. The number of nitrogens with zero attached hydrogens (tertiary/aromatic N) is 5. The van der Waals surface area contributed by atoms with Crippen LogP contribution < -0.4 is 14.4 Å². The molecule has 3 aliphatic rings. The van der Waals surface area contributed by atoms with E-state index in [2.05, 4.69) is 38.4 Å². The summed E-state index contributed by atoms with van der Waals surface area (Å²) in [5, 5.41) is 0.575. The van der Waals surface area contributed by atoms with Crippen molar-refractivity contribution in [1.29, 1.82) is 0 Å². The van der Waals surface area contributed by atoms with Crippen LogP contribution in [0.5, 0.6) is 11.5 Å². The second-order valence-corrected chi connectivity index (χ2v) is 19.3. The number of anilines is 1. The quantitative estimate of drug-likeness (QED) is 0.0867. The molecule has 0 spiro atoms. The van der Waals surface area contributed by atoms with Crippen LogP contribution >= 0.6 is 0 Å². The lowest BCUT2D eigenvalue weighted by atomic mass is 9.99. The first-order chi connectivity index (χ1) is 29.2. The van der Waals surface area contributed by atoms with E-state index in [0.717, 1.165) is 77.0 Å². The molecule has 0 amide bonds. The predicted molar refractivity (Wildman–Crippen MR) is 239 cm³/mol. The van der Waals surface area contributed by atoms with Gasteiger partial charge in [-0.25, -0.2) is 17.2 Å². The Balaban J connectivity index is 1.04. The number of ether oxygens (including phenoxy) is 2. The monoisotopic (exact) mass is 854 g/mol. The third-order valence-electron chi connectivity index (χ3n) is 13.5. The molecule has 4 heterocycles. The van der Waals surface area contributed by atoms with E-state index >= 15 is 8.78 Å². The summed E-state index contributed by atoms with van der Waals surface area (Å²) in [5.74, 6) is -1.80. The van der Waals surface area contributed by atoms with Crippen molar-refractivity contribution in [3.8, 4) is 11.5 Å². The largest absolute Gasteiger partial charge is 0.497 e. The van der Waals surface area contributed by atoms with E-state index in [1.54, 1.807) is 25.3 Å². The number of hydrogen-bond acceptors (Lipinski definition) is 9. The minimum atomic E-state index is -4.68. The van der Waals surface area contributed by atoms with Crippen molar-refractivity contribution < 1.29 is 26.7 Å². The van der Waals surface area contributed by atoms with Gasteiger partial charge in [-0.3, -0.25) is 14.8 Å². The Morgan fingerprint density at radius 3 is 1.70 bits per heavy atom. The minimum absolute atomic E-state index is 0.00924. The zero-order chi connectivity index (χ0) is 42.3. The highest BCUT2D eigenvalue weighted by molar-refractivity contribution is 7.91. The number of fused-ring (bicyclic) bond motifs is 1. The number of halogens is 2. The molecule has 2 aromatic carbocycles. The van der Waals surface area contributed by atoms with Crippen molar-refractivity contribution in [2.45, 2.75) is 151 Å². The van der Waals surface area contributed by atoms with E-state index in [1.165, 1.54) is 103 Å². The maximum atomic E-state index is 15.9. The van der Waals surface area contributed by atoms with Crippen LogP contribution in [0, 0.1) is 11.6 Å². The number of unbranched alkanes of at least 4 members (excludes halogenated alkanes) is 13. The molecule has 0 radical (unpaired) electrons. The fourth-order valence-corrected chi connectivity index (χ4v) is 11.3. The van der Waals surface area contributed by atoms with Gasteiger partial charge >= 0.3 is 0 Å². The highest BCUT2D eigenvalue weighted by atomic mass is 32.2. The van der Waals surface area contributed by atoms with Crippen LogP contribution in [-0.2, 0) is 9.84 Å². The Morgan fingerprint density at radius 2 is 1.18 bits per heavy atom. The molecule has 6 rings (SSSR count). The van der Waals surface area contributed by atoms with Gasteiger partial charge in [-0.15, -0.1) is 0 Å². The molecule has 0 bridgehead atoms. The van der Waals surface area contributed by atoms with Crippen LogP contribution in [-0.4, -0.2) is 113 Å². The van der Waals surface area contributed by atoms with Gasteiger partial charge in [0.1, 0.15) is 32.9 Å². The van der Waals surface area contributed by atoms with Crippen molar-refractivity contribution in [3.63, 3.8) is 0 Å². The first-order valence-electron chi connectivity index (χ1n) is 23.5. The lowest BCUT2D eigenvalue weighted by Crippen LogP contribution is -2.56. The molecule has 3 saturated heterocycles. The van der Waals surface area contributed by atoms with Crippen molar-refractivity contribution in [1.82, 2.24) is 19.7 Å². The zero-order valence-electron chi connectivity index (χ0n) is 37.0. The lowest BCUT2D eigenvalue weighted by molar-refractivity contribution is 0.0384. The van der Waals surface area contributed by atoms with Crippen molar-refractivity contribution in [2.75, 3.05) is 77.5 Å². The molecule has 3 aromatic rings. The van der Waals surface area contributed by atoms with Gasteiger partial charge in [0.05, 0.1) is 24.9 Å². The van der Waals surface area contributed by atoms with Gasteiger partial charge in [0.2, 0.25) is 9.84 Å². The molecule has 3 fully saturated rings. The average Bonchev–Trinajstić information content (AvgIpc) is 3.27. The summed E-state index contributed by atoms with van der Waals surface area (Å²) in [6.07, 6.45) is 22.7. The van der Waals surface area contributed by atoms with Crippen LogP contribution in [0.15, 0.2) is 46.3 Å². The van der Waals surface area contributed by atoms with E-state index in [1.807, 2.05) is 0 Å². The third-order valence-corrected chi connectivity index (χ3v) is 15.3. The Morgan fingerprint density at radius 1 is 0.667 bits per heavy atom. The topological polar surface area (TPSA) is 78.4 Å². The summed E-state index contributed by atoms with van der Waals surface area (Å²) < 4.78 is 71.9. The van der Waals surface area contributed by atoms with Crippen molar-refractivity contribution in [3.05, 3.63) is 48.2 Å². The van der Waals surface area contributed by atoms with E-state index in [-0.39, 0.29) is 10.6 Å². The first-order valence-corrected chi connectivity index (χ1v) is 25.0. The predicted octanol–water partition coefficient (Wildman–Crippen LogP) is 10.3. The molecule has 0 saturated carbocycles. The maximum absolute atomic E-state index is 15.9. The van der Waals surface area contributed by atoms with Gasteiger partial charge in [-0.2, -0.15) is 0 Å². The number of hydrogen-bond donors (Lipinski definition) is 0. The Labute approximate surface area is 360 Å². The molecule has 60 heavy (non-hydrogen) atoms. The summed E-state index contributed by atoms with van der Waals surface area (Å²) >= 11 is 0. The molecular formula is C48H73F2N5O4S. The fourth-order valence-electron chi connectivity index (χ4n) is 9.79. The van der Waals surface area contributed by atoms with Gasteiger partial charge < -0.3 is 19.3 Å². The van der Waals surface area contributed by atoms with E-state index in [9.17, 15) is 8.42 Å². The number of pyridine rings is 1. The van der Waals surface area contributed by atoms with Crippen molar-refractivity contribution >= 4 is 26.4 Å². The van der Waals surface area contributed by atoms with Gasteiger partial charge in [-0.1, -0.05) is 97.3 Å². The summed E-state index contributed by atoms with van der Waals surface area (Å²) in [6.45, 7) is 13.8. The smallest absolute Gasteiger partial charge is 0.216 e. The SMILES string of the molecule is CCCCCCCCCCCCCCCCOc1cc(F)c(S(=O)(=O)c2cnc3ccc(OC)cc3c2N2CCC(N3CCN(C4CCN(CC)CC4)CC3)CC2)c(F)c1. The normalized spacial score (nSPS) is 18.1. The molecule has 0 unspecified atom stereocenters. The van der Waals surface area contributed by atoms with Crippen molar-refractivity contribution in [2.24, 2.45) is 0 Å². The lowest BCUT2D eigenvalue weighted by Gasteiger charge is -2.46. The van der Waals surface area contributed by atoms with Gasteiger partial charge in [-0.05, 0) is 69.9 Å². The minimum Gasteiger partial charge on any atom is -0.497 e. The number of sulfone groups is 1. The highest BCUT2D eigenvalue weighted by Crippen LogP contribution is 2.40. The fraction of sp³-hybridized carbons (Fsp3) is 0.688. The number of rotatable bonds is 23. The molecule has 3 aliphatic heterocycles. The summed E-state index contributed by atoms with van der Waals surface area (Å²) in [5.41, 5.74) is 0.999.